The summed E-state index contributed by atoms with van der Waals surface area (Å²) >= 11 is 0. The van der Waals surface area contributed by atoms with Crippen molar-refractivity contribution in [2.24, 2.45) is 0 Å². The standard InChI is InChI=1S/C14H18N2O2/c1-14(2,3)18-13(17)16-11-4-5-12(16)10-8-15-7-6-9(10)11/h6-8,11-12H,4-5H2,1-3H3/t11-,12+/m1/s1. The van der Waals surface area contributed by atoms with E-state index in [0.29, 0.717) is 0 Å². The Bertz CT molecular complexity index is 462. The quantitative estimate of drug-likeness (QED) is 0.706. The Hall–Kier alpha value is -1.58. The molecule has 2 aliphatic heterocycles. The molecule has 2 aliphatic rings. The lowest BCUT2D eigenvalue weighted by Crippen LogP contribution is -2.34. The molecule has 1 aromatic rings. The Morgan fingerprint density at radius 2 is 2.00 bits per heavy atom. The van der Waals surface area contributed by atoms with Crippen molar-refractivity contribution in [1.82, 2.24) is 9.88 Å². The van der Waals surface area contributed by atoms with Crippen molar-refractivity contribution in [2.75, 3.05) is 0 Å². The Morgan fingerprint density at radius 3 is 2.61 bits per heavy atom. The lowest BCUT2D eigenvalue weighted by molar-refractivity contribution is 0.0177. The summed E-state index contributed by atoms with van der Waals surface area (Å²) in [6.45, 7) is 5.70. The summed E-state index contributed by atoms with van der Waals surface area (Å²) in [5.74, 6) is 0. The molecule has 18 heavy (non-hydrogen) atoms. The van der Waals surface area contributed by atoms with Crippen LogP contribution >= 0.6 is 0 Å². The van der Waals surface area contributed by atoms with Crippen LogP contribution in [0.3, 0.4) is 0 Å². The van der Waals surface area contributed by atoms with Gasteiger partial charge in [0.15, 0.2) is 0 Å². The second kappa shape index (κ2) is 3.70. The van der Waals surface area contributed by atoms with Gasteiger partial charge in [-0.2, -0.15) is 0 Å². The van der Waals surface area contributed by atoms with Gasteiger partial charge in [0.25, 0.3) is 0 Å². The number of ether oxygens (including phenoxy) is 1. The van der Waals surface area contributed by atoms with Crippen molar-refractivity contribution < 1.29 is 9.53 Å². The Kier molecular flexibility index (Phi) is 2.37. The molecule has 3 heterocycles. The first kappa shape index (κ1) is 11.5. The van der Waals surface area contributed by atoms with Crippen LogP contribution in [0.4, 0.5) is 4.79 Å². The fourth-order valence-corrected chi connectivity index (χ4v) is 2.99. The van der Waals surface area contributed by atoms with Gasteiger partial charge in [-0.1, -0.05) is 0 Å². The van der Waals surface area contributed by atoms with Gasteiger partial charge in [-0.25, -0.2) is 4.79 Å². The van der Waals surface area contributed by atoms with Crippen molar-refractivity contribution >= 4 is 6.09 Å². The van der Waals surface area contributed by atoms with E-state index in [2.05, 4.69) is 4.98 Å². The number of amides is 1. The number of hydrogen-bond acceptors (Lipinski definition) is 3. The first-order valence-corrected chi connectivity index (χ1v) is 6.42. The predicted octanol–water partition coefficient (Wildman–Crippen LogP) is 3.21. The summed E-state index contributed by atoms with van der Waals surface area (Å²) in [6.07, 6.45) is 5.53. The van der Waals surface area contributed by atoms with Gasteiger partial charge >= 0.3 is 6.09 Å². The van der Waals surface area contributed by atoms with Crippen molar-refractivity contribution in [3.63, 3.8) is 0 Å². The highest BCUT2D eigenvalue weighted by molar-refractivity contribution is 5.72. The number of carbonyl (C=O) groups is 1. The minimum Gasteiger partial charge on any atom is -0.444 e. The van der Waals surface area contributed by atoms with Gasteiger partial charge in [-0.05, 0) is 50.8 Å². The van der Waals surface area contributed by atoms with E-state index < -0.39 is 5.60 Å². The smallest absolute Gasteiger partial charge is 0.411 e. The molecule has 2 bridgehead atoms. The first-order valence-electron chi connectivity index (χ1n) is 6.42. The van der Waals surface area contributed by atoms with Gasteiger partial charge in [0.2, 0.25) is 0 Å². The molecule has 1 saturated heterocycles. The minimum absolute atomic E-state index is 0.161. The molecule has 0 aromatic carbocycles. The number of nitrogens with zero attached hydrogens (tertiary/aromatic N) is 2. The lowest BCUT2D eigenvalue weighted by atomic mass is 9.94. The average molecular weight is 246 g/mol. The fourth-order valence-electron chi connectivity index (χ4n) is 2.99. The van der Waals surface area contributed by atoms with Crippen molar-refractivity contribution in [1.29, 1.82) is 0 Å². The zero-order valence-corrected chi connectivity index (χ0v) is 11.0. The second-order valence-electron chi connectivity index (χ2n) is 6.00. The average Bonchev–Trinajstić information content (AvgIpc) is 2.83. The highest BCUT2D eigenvalue weighted by Gasteiger charge is 2.47. The molecule has 0 N–H and O–H groups in total. The van der Waals surface area contributed by atoms with Crippen LogP contribution in [0.2, 0.25) is 0 Å². The number of hydrogen-bond donors (Lipinski definition) is 0. The van der Waals surface area contributed by atoms with E-state index in [9.17, 15) is 4.79 Å². The van der Waals surface area contributed by atoms with E-state index in [1.807, 2.05) is 37.9 Å². The SMILES string of the molecule is CC(C)(C)OC(=O)N1[C@@H]2CC[C@H]1c1cnccc12. The third-order valence-electron chi connectivity index (χ3n) is 3.59. The van der Waals surface area contributed by atoms with Crippen LogP contribution < -0.4 is 0 Å². The van der Waals surface area contributed by atoms with Gasteiger partial charge in [0, 0.05) is 12.4 Å². The molecule has 4 heteroatoms. The largest absolute Gasteiger partial charge is 0.444 e. The molecule has 1 amide bonds. The molecule has 2 atom stereocenters. The van der Waals surface area contributed by atoms with Crippen LogP contribution in [-0.2, 0) is 4.74 Å². The van der Waals surface area contributed by atoms with E-state index in [0.717, 1.165) is 12.8 Å². The maximum Gasteiger partial charge on any atom is 0.411 e. The van der Waals surface area contributed by atoms with E-state index in [1.54, 1.807) is 6.20 Å². The molecule has 3 rings (SSSR count). The Balaban J connectivity index is 1.88. The van der Waals surface area contributed by atoms with Gasteiger partial charge in [0.1, 0.15) is 5.60 Å². The number of aromatic nitrogens is 1. The maximum absolute atomic E-state index is 12.3. The number of carbonyl (C=O) groups excluding carboxylic acids is 1. The van der Waals surface area contributed by atoms with Gasteiger partial charge in [-0.15, -0.1) is 0 Å². The number of fused-ring (bicyclic) bond motifs is 5. The van der Waals surface area contributed by atoms with Crippen LogP contribution in [0.25, 0.3) is 0 Å². The summed E-state index contributed by atoms with van der Waals surface area (Å²) < 4.78 is 5.50. The van der Waals surface area contributed by atoms with Gasteiger partial charge < -0.3 is 4.74 Å². The normalized spacial score (nSPS) is 25.2. The first-order chi connectivity index (χ1) is 8.47. The second-order valence-corrected chi connectivity index (χ2v) is 6.00. The maximum atomic E-state index is 12.3. The highest BCUT2D eigenvalue weighted by atomic mass is 16.6. The van der Waals surface area contributed by atoms with E-state index in [-0.39, 0.29) is 18.2 Å². The Labute approximate surface area is 107 Å². The van der Waals surface area contributed by atoms with Crippen LogP contribution in [0.15, 0.2) is 18.5 Å². The molecular formula is C14H18N2O2. The molecule has 1 fully saturated rings. The zero-order valence-electron chi connectivity index (χ0n) is 11.0. The van der Waals surface area contributed by atoms with Crippen LogP contribution in [0.5, 0.6) is 0 Å². The van der Waals surface area contributed by atoms with Crippen LogP contribution in [-0.4, -0.2) is 21.6 Å². The lowest BCUT2D eigenvalue weighted by Gasteiger charge is -2.27. The highest BCUT2D eigenvalue weighted by Crippen LogP contribution is 2.52. The Morgan fingerprint density at radius 1 is 1.33 bits per heavy atom. The van der Waals surface area contributed by atoms with Gasteiger partial charge in [0.05, 0.1) is 12.1 Å². The molecule has 1 aromatic heterocycles. The molecule has 4 nitrogen and oxygen atoms in total. The molecule has 0 saturated carbocycles. The number of pyridine rings is 1. The molecular weight excluding hydrogens is 228 g/mol. The third-order valence-corrected chi connectivity index (χ3v) is 3.59. The van der Waals surface area contributed by atoms with Crippen molar-refractivity contribution in [3.05, 3.63) is 29.6 Å². The molecule has 0 unspecified atom stereocenters. The van der Waals surface area contributed by atoms with Crippen molar-refractivity contribution in [3.8, 4) is 0 Å². The molecule has 96 valence electrons. The molecule has 0 spiro atoms. The predicted molar refractivity (Wildman–Crippen MR) is 67.0 cm³/mol. The van der Waals surface area contributed by atoms with Crippen molar-refractivity contribution in [2.45, 2.75) is 51.3 Å². The van der Waals surface area contributed by atoms with Gasteiger partial charge in [-0.3, -0.25) is 9.88 Å². The monoisotopic (exact) mass is 246 g/mol. The van der Waals surface area contributed by atoms with Crippen LogP contribution in [0, 0.1) is 0 Å². The fraction of sp³-hybridized carbons (Fsp3) is 0.571. The molecule has 0 aliphatic carbocycles. The van der Waals surface area contributed by atoms with E-state index in [4.69, 9.17) is 4.74 Å². The zero-order chi connectivity index (χ0) is 12.9. The third kappa shape index (κ3) is 1.67. The topological polar surface area (TPSA) is 42.4 Å². The minimum atomic E-state index is -0.441. The summed E-state index contributed by atoms with van der Waals surface area (Å²) in [4.78, 5) is 18.3. The van der Waals surface area contributed by atoms with Crippen LogP contribution in [0.1, 0.15) is 56.8 Å². The summed E-state index contributed by atoms with van der Waals surface area (Å²) in [6, 6.07) is 2.37. The summed E-state index contributed by atoms with van der Waals surface area (Å²) in [5, 5.41) is 0. The van der Waals surface area contributed by atoms with E-state index >= 15 is 0 Å². The molecule has 0 radical (unpaired) electrons. The summed E-state index contributed by atoms with van der Waals surface area (Å²) in [5.41, 5.74) is 2.00. The summed E-state index contributed by atoms with van der Waals surface area (Å²) in [7, 11) is 0. The number of rotatable bonds is 0. The van der Waals surface area contributed by atoms with E-state index in [1.165, 1.54) is 11.1 Å².